The lowest BCUT2D eigenvalue weighted by atomic mass is 10.1. The molecule has 1 amide bonds. The molecule has 0 fully saturated rings. The zero-order valence-corrected chi connectivity index (χ0v) is 14.6. The molecule has 134 valence electrons. The number of aromatic nitrogens is 1. The van der Waals surface area contributed by atoms with E-state index in [2.05, 4.69) is 14.4 Å². The summed E-state index contributed by atoms with van der Waals surface area (Å²) >= 11 is 12.4. The first-order valence-corrected chi connectivity index (χ1v) is 7.93. The van der Waals surface area contributed by atoms with Gasteiger partial charge in [0.05, 0.1) is 28.4 Å². The summed E-state index contributed by atoms with van der Waals surface area (Å²) in [5.74, 6) is -0.832. The van der Waals surface area contributed by atoms with Crippen LogP contribution in [0.2, 0.25) is 10.0 Å². The number of carbonyl (C=O) groups is 1. The van der Waals surface area contributed by atoms with Crippen molar-refractivity contribution in [3.8, 4) is 11.3 Å². The first-order valence-electron chi connectivity index (χ1n) is 6.36. The summed E-state index contributed by atoms with van der Waals surface area (Å²) < 4.78 is 58.8. The Morgan fingerprint density at radius 2 is 1.92 bits per heavy atom. The lowest BCUT2D eigenvalue weighted by molar-refractivity contribution is -0.137. The number of rotatable bonds is 3. The van der Waals surface area contributed by atoms with Crippen LogP contribution in [0.5, 0.6) is 0 Å². The van der Waals surface area contributed by atoms with Crippen LogP contribution < -0.4 is 4.72 Å². The second-order valence-electron chi connectivity index (χ2n) is 4.51. The molecule has 4 nitrogen and oxygen atoms in total. The number of pyridine rings is 1. The first-order chi connectivity index (χ1) is 11.6. The third kappa shape index (κ3) is 4.68. The Kier molecular flexibility index (Phi) is 6.02. The highest BCUT2D eigenvalue weighted by molar-refractivity contribution is 7.98. The number of nitrogens with one attached hydrogen (secondary N) is 1. The summed E-state index contributed by atoms with van der Waals surface area (Å²) in [6, 6.07) is 2.80. The second-order valence-corrected chi connectivity index (χ2v) is 6.17. The molecule has 0 radical (unpaired) electrons. The zero-order valence-electron chi connectivity index (χ0n) is 12.2. The minimum atomic E-state index is -4.63. The van der Waals surface area contributed by atoms with E-state index in [0.717, 1.165) is 25.1 Å². The van der Waals surface area contributed by atoms with E-state index in [4.69, 9.17) is 23.2 Å². The van der Waals surface area contributed by atoms with E-state index in [9.17, 15) is 22.4 Å². The molecule has 0 saturated heterocycles. The summed E-state index contributed by atoms with van der Waals surface area (Å²) in [5, 5.41) is -0.404. The molecular formula is C14H8Cl2F4N2O2S. The number of methoxy groups -OCH3 is 1. The topological polar surface area (TPSA) is 51.2 Å². The van der Waals surface area contributed by atoms with E-state index in [-0.39, 0.29) is 26.2 Å². The average molecular weight is 415 g/mol. The van der Waals surface area contributed by atoms with E-state index in [1.54, 1.807) is 0 Å². The van der Waals surface area contributed by atoms with Crippen LogP contribution in [0.25, 0.3) is 11.3 Å². The Labute approximate surface area is 153 Å². The van der Waals surface area contributed by atoms with E-state index in [1.807, 2.05) is 0 Å². The Hall–Kier alpha value is -1.71. The highest BCUT2D eigenvalue weighted by atomic mass is 35.5. The van der Waals surface area contributed by atoms with Crippen LogP contribution in [-0.2, 0) is 10.9 Å². The van der Waals surface area contributed by atoms with Gasteiger partial charge in [0.1, 0.15) is 5.82 Å². The van der Waals surface area contributed by atoms with Gasteiger partial charge < -0.3 is 4.74 Å². The molecule has 0 bridgehead atoms. The molecule has 1 aromatic heterocycles. The molecule has 1 aromatic carbocycles. The molecular weight excluding hydrogens is 407 g/mol. The fraction of sp³-hybridized carbons (Fsp3) is 0.143. The molecule has 0 saturated carbocycles. The molecule has 0 atom stereocenters. The Bertz CT molecular complexity index is 818. The van der Waals surface area contributed by atoms with Gasteiger partial charge in [0, 0.05) is 16.7 Å². The van der Waals surface area contributed by atoms with Crippen molar-refractivity contribution in [3.63, 3.8) is 0 Å². The molecule has 0 aliphatic heterocycles. The normalized spacial score (nSPS) is 11.3. The third-order valence-electron chi connectivity index (χ3n) is 2.87. The minimum absolute atomic E-state index is 0.0225. The van der Waals surface area contributed by atoms with Gasteiger partial charge in [0.15, 0.2) is 0 Å². The van der Waals surface area contributed by atoms with Crippen molar-refractivity contribution in [2.45, 2.75) is 11.1 Å². The van der Waals surface area contributed by atoms with Crippen LogP contribution in [0.3, 0.4) is 0 Å². The van der Waals surface area contributed by atoms with Gasteiger partial charge in [-0.05, 0) is 30.1 Å². The number of carbonyl (C=O) groups excluding carboxylic acids is 1. The summed E-state index contributed by atoms with van der Waals surface area (Å²) in [7, 11) is 1.15. The number of hydrogen-bond acceptors (Lipinski definition) is 4. The molecule has 1 heterocycles. The van der Waals surface area contributed by atoms with Gasteiger partial charge in [-0.3, -0.25) is 9.71 Å². The van der Waals surface area contributed by atoms with Crippen molar-refractivity contribution in [1.29, 1.82) is 0 Å². The van der Waals surface area contributed by atoms with Crippen molar-refractivity contribution < 1.29 is 27.1 Å². The Morgan fingerprint density at radius 3 is 2.48 bits per heavy atom. The standard InChI is InChI=1S/C14H8Cl2F4N2O2S/c1-24-13(23)22-25-11-3-7(10(17)4-8(11)15)12-9(16)2-6(5-21-12)14(18,19)20/h2-5H,1H3,(H,22,23). The number of benzene rings is 1. The fourth-order valence-electron chi connectivity index (χ4n) is 1.72. The van der Waals surface area contributed by atoms with Crippen LogP contribution in [0.15, 0.2) is 29.3 Å². The molecule has 0 spiro atoms. The van der Waals surface area contributed by atoms with Gasteiger partial charge >= 0.3 is 12.3 Å². The maximum Gasteiger partial charge on any atom is 0.417 e. The number of amides is 1. The zero-order chi connectivity index (χ0) is 18.8. The first kappa shape index (κ1) is 19.6. The number of nitrogens with zero attached hydrogens (tertiary/aromatic N) is 1. The van der Waals surface area contributed by atoms with Crippen molar-refractivity contribution in [2.24, 2.45) is 0 Å². The summed E-state index contributed by atoms with van der Waals surface area (Å²) in [5.41, 5.74) is -1.42. The number of halogens is 6. The smallest absolute Gasteiger partial charge is 0.417 e. The van der Waals surface area contributed by atoms with Gasteiger partial charge in [-0.2, -0.15) is 13.2 Å². The van der Waals surface area contributed by atoms with Gasteiger partial charge in [-0.1, -0.05) is 23.2 Å². The Morgan fingerprint density at radius 1 is 1.24 bits per heavy atom. The molecule has 2 rings (SSSR count). The van der Waals surface area contributed by atoms with Crippen LogP contribution in [0.4, 0.5) is 22.4 Å². The Balaban J connectivity index is 2.43. The lowest BCUT2D eigenvalue weighted by Crippen LogP contribution is -2.14. The fourth-order valence-corrected chi connectivity index (χ4v) is 2.86. The van der Waals surface area contributed by atoms with E-state index in [1.165, 1.54) is 6.07 Å². The second kappa shape index (κ2) is 7.67. The minimum Gasteiger partial charge on any atom is -0.452 e. The molecule has 11 heteroatoms. The maximum atomic E-state index is 14.2. The van der Waals surface area contributed by atoms with E-state index < -0.39 is 23.7 Å². The van der Waals surface area contributed by atoms with Gasteiger partial charge in [-0.25, -0.2) is 9.18 Å². The molecule has 0 aliphatic rings. The van der Waals surface area contributed by atoms with Crippen LogP contribution in [0, 0.1) is 5.82 Å². The van der Waals surface area contributed by atoms with Crippen molar-refractivity contribution in [2.75, 3.05) is 7.11 Å². The van der Waals surface area contributed by atoms with Gasteiger partial charge in [-0.15, -0.1) is 0 Å². The van der Waals surface area contributed by atoms with Crippen molar-refractivity contribution in [1.82, 2.24) is 9.71 Å². The molecule has 1 N–H and O–H groups in total. The van der Waals surface area contributed by atoms with E-state index in [0.29, 0.717) is 12.3 Å². The summed E-state index contributed by atoms with van der Waals surface area (Å²) in [6.07, 6.45) is -4.84. The van der Waals surface area contributed by atoms with Crippen LogP contribution in [-0.4, -0.2) is 18.2 Å². The number of alkyl halides is 3. The lowest BCUT2D eigenvalue weighted by Gasteiger charge is -2.12. The third-order valence-corrected chi connectivity index (χ3v) is 4.41. The van der Waals surface area contributed by atoms with Crippen LogP contribution in [0.1, 0.15) is 5.56 Å². The molecule has 0 aliphatic carbocycles. The quantitative estimate of drug-likeness (QED) is 0.526. The molecule has 0 unspecified atom stereocenters. The van der Waals surface area contributed by atoms with Crippen LogP contribution >= 0.6 is 35.1 Å². The maximum absolute atomic E-state index is 14.2. The highest BCUT2D eigenvalue weighted by Gasteiger charge is 2.32. The monoisotopic (exact) mass is 414 g/mol. The summed E-state index contributed by atoms with van der Waals surface area (Å²) in [4.78, 5) is 14.9. The molecule has 25 heavy (non-hydrogen) atoms. The molecule has 2 aromatic rings. The van der Waals surface area contributed by atoms with Gasteiger partial charge in [0.2, 0.25) is 0 Å². The van der Waals surface area contributed by atoms with Crippen molar-refractivity contribution >= 4 is 41.2 Å². The number of ether oxygens (including phenoxy) is 1. The average Bonchev–Trinajstić information content (AvgIpc) is 2.53. The SMILES string of the molecule is COC(=O)NSc1cc(-c2ncc(C(F)(F)F)cc2Cl)c(F)cc1Cl. The van der Waals surface area contributed by atoms with Crippen molar-refractivity contribution in [3.05, 3.63) is 45.8 Å². The predicted octanol–water partition coefficient (Wildman–Crippen LogP) is 5.58. The highest BCUT2D eigenvalue weighted by Crippen LogP contribution is 2.37. The van der Waals surface area contributed by atoms with Gasteiger partial charge in [0.25, 0.3) is 0 Å². The van der Waals surface area contributed by atoms with E-state index >= 15 is 0 Å². The largest absolute Gasteiger partial charge is 0.452 e. The number of hydrogen-bond donors (Lipinski definition) is 1. The summed E-state index contributed by atoms with van der Waals surface area (Å²) in [6.45, 7) is 0. The predicted molar refractivity (Wildman–Crippen MR) is 86.1 cm³/mol.